The van der Waals surface area contributed by atoms with E-state index in [1.807, 2.05) is 30.3 Å². The Kier molecular flexibility index (Phi) is 6.50. The first-order valence-electron chi connectivity index (χ1n) is 10.7. The summed E-state index contributed by atoms with van der Waals surface area (Å²) in [6, 6.07) is 19.8. The topological polar surface area (TPSA) is 58.6 Å². The van der Waals surface area contributed by atoms with Crippen molar-refractivity contribution in [3.63, 3.8) is 0 Å². The number of hydrogen-bond donors (Lipinski definition) is 1. The molecule has 1 aliphatic heterocycles. The number of halogens is 1. The van der Waals surface area contributed by atoms with Crippen molar-refractivity contribution >= 4 is 17.5 Å². The van der Waals surface area contributed by atoms with Crippen LogP contribution in [0.4, 0.5) is 10.1 Å². The molecule has 0 unspecified atom stereocenters. The second-order valence-electron chi connectivity index (χ2n) is 7.75. The van der Waals surface area contributed by atoms with Gasteiger partial charge < -0.3 is 15.0 Å². The molecule has 6 heteroatoms. The zero-order valence-electron chi connectivity index (χ0n) is 17.9. The molecule has 164 valence electrons. The van der Waals surface area contributed by atoms with Gasteiger partial charge in [0.2, 0.25) is 5.91 Å². The number of benzene rings is 3. The Morgan fingerprint density at radius 1 is 1.09 bits per heavy atom. The van der Waals surface area contributed by atoms with E-state index in [4.69, 9.17) is 4.74 Å². The molecule has 0 fully saturated rings. The van der Waals surface area contributed by atoms with Gasteiger partial charge in [0.25, 0.3) is 5.91 Å². The Morgan fingerprint density at radius 3 is 2.56 bits per heavy atom. The summed E-state index contributed by atoms with van der Waals surface area (Å²) in [5, 5.41) is 2.80. The van der Waals surface area contributed by atoms with Crippen LogP contribution >= 0.6 is 0 Å². The van der Waals surface area contributed by atoms with E-state index < -0.39 is 11.9 Å². The number of hydrogen-bond acceptors (Lipinski definition) is 3. The first-order valence-corrected chi connectivity index (χ1v) is 10.7. The SMILES string of the molecule is CCCCOc1ccc(C(=O)N2CC(=O)Nc3ccc(F)cc3[C@@H]2c2ccccc2)cc1. The van der Waals surface area contributed by atoms with Crippen molar-refractivity contribution in [1.82, 2.24) is 4.90 Å². The van der Waals surface area contributed by atoms with Gasteiger partial charge in [-0.15, -0.1) is 0 Å². The number of nitrogens with one attached hydrogen (secondary N) is 1. The van der Waals surface area contributed by atoms with Gasteiger partial charge in [0, 0.05) is 16.8 Å². The Labute approximate surface area is 186 Å². The van der Waals surface area contributed by atoms with Crippen LogP contribution in [0.15, 0.2) is 72.8 Å². The highest BCUT2D eigenvalue weighted by Crippen LogP contribution is 2.37. The van der Waals surface area contributed by atoms with Crippen LogP contribution in [0.2, 0.25) is 0 Å². The Bertz CT molecular complexity index is 1100. The van der Waals surface area contributed by atoms with Gasteiger partial charge in [0.05, 0.1) is 12.6 Å². The third-order valence-electron chi connectivity index (χ3n) is 5.45. The van der Waals surface area contributed by atoms with Gasteiger partial charge in [0.1, 0.15) is 18.1 Å². The van der Waals surface area contributed by atoms with Gasteiger partial charge in [-0.25, -0.2) is 4.39 Å². The van der Waals surface area contributed by atoms with Crippen molar-refractivity contribution in [2.24, 2.45) is 0 Å². The number of fused-ring (bicyclic) bond motifs is 1. The van der Waals surface area contributed by atoms with E-state index >= 15 is 0 Å². The largest absolute Gasteiger partial charge is 0.494 e. The molecule has 0 saturated heterocycles. The standard InChI is InChI=1S/C26H25FN2O3/c1-2-3-15-32-21-12-9-19(10-13-21)26(31)29-17-24(30)28-23-14-11-20(27)16-22(23)25(29)18-7-5-4-6-8-18/h4-14,16,25H,2-3,15,17H2,1H3,(H,28,30)/t25-/m0/s1. The molecule has 2 amide bonds. The summed E-state index contributed by atoms with van der Waals surface area (Å²) in [6.45, 7) is 2.56. The minimum Gasteiger partial charge on any atom is -0.494 e. The lowest BCUT2D eigenvalue weighted by atomic mass is 9.95. The van der Waals surface area contributed by atoms with Crippen molar-refractivity contribution < 1.29 is 18.7 Å². The molecule has 0 radical (unpaired) electrons. The summed E-state index contributed by atoms with van der Waals surface area (Å²) in [7, 11) is 0. The molecule has 1 heterocycles. The highest BCUT2D eigenvalue weighted by atomic mass is 19.1. The first kappa shape index (κ1) is 21.6. The van der Waals surface area contributed by atoms with Crippen LogP contribution in [0.3, 0.4) is 0 Å². The Balaban J connectivity index is 1.72. The minimum atomic E-state index is -0.617. The summed E-state index contributed by atoms with van der Waals surface area (Å²) in [6.07, 6.45) is 1.99. The second-order valence-corrected chi connectivity index (χ2v) is 7.75. The summed E-state index contributed by atoms with van der Waals surface area (Å²) >= 11 is 0. The average Bonchev–Trinajstić information content (AvgIpc) is 2.95. The molecule has 3 aromatic rings. The van der Waals surface area contributed by atoms with Crippen LogP contribution in [0.5, 0.6) is 5.75 Å². The fraction of sp³-hybridized carbons (Fsp3) is 0.231. The molecule has 0 spiro atoms. The van der Waals surface area contributed by atoms with E-state index in [0.29, 0.717) is 29.2 Å². The molecule has 0 aromatic heterocycles. The number of amides is 2. The molecule has 4 rings (SSSR count). The first-order chi connectivity index (χ1) is 15.6. The molecule has 1 N–H and O–H groups in total. The normalized spacial score (nSPS) is 15.5. The summed E-state index contributed by atoms with van der Waals surface area (Å²) in [4.78, 5) is 27.7. The zero-order chi connectivity index (χ0) is 22.5. The quantitative estimate of drug-likeness (QED) is 0.546. The van der Waals surface area contributed by atoms with Gasteiger partial charge in [0.15, 0.2) is 0 Å². The molecule has 3 aromatic carbocycles. The van der Waals surface area contributed by atoms with Gasteiger partial charge in [-0.1, -0.05) is 43.7 Å². The maximum Gasteiger partial charge on any atom is 0.255 e. The number of carbonyl (C=O) groups is 2. The smallest absolute Gasteiger partial charge is 0.255 e. The van der Waals surface area contributed by atoms with Crippen LogP contribution in [0.25, 0.3) is 0 Å². The van der Waals surface area contributed by atoms with E-state index in [-0.39, 0.29) is 18.4 Å². The van der Waals surface area contributed by atoms with Crippen molar-refractivity contribution in [3.8, 4) is 5.75 Å². The molecule has 32 heavy (non-hydrogen) atoms. The van der Waals surface area contributed by atoms with Crippen LogP contribution in [-0.4, -0.2) is 29.9 Å². The maximum atomic E-state index is 14.2. The molecule has 5 nitrogen and oxygen atoms in total. The summed E-state index contributed by atoms with van der Waals surface area (Å²) < 4.78 is 19.9. The van der Waals surface area contributed by atoms with E-state index in [2.05, 4.69) is 12.2 Å². The maximum absolute atomic E-state index is 14.2. The van der Waals surface area contributed by atoms with Crippen LogP contribution in [0, 0.1) is 5.82 Å². The van der Waals surface area contributed by atoms with Crippen LogP contribution in [-0.2, 0) is 4.79 Å². The molecule has 0 saturated carbocycles. The molecule has 0 bridgehead atoms. The fourth-order valence-electron chi connectivity index (χ4n) is 3.86. The average molecular weight is 432 g/mol. The lowest BCUT2D eigenvalue weighted by Gasteiger charge is -2.30. The minimum absolute atomic E-state index is 0.149. The van der Waals surface area contributed by atoms with Crippen molar-refractivity contribution in [2.45, 2.75) is 25.8 Å². The second kappa shape index (κ2) is 9.64. The lowest BCUT2D eigenvalue weighted by molar-refractivity contribution is -0.117. The van der Waals surface area contributed by atoms with Gasteiger partial charge in [-0.05, 0) is 54.4 Å². The van der Waals surface area contributed by atoms with Crippen molar-refractivity contribution in [3.05, 3.63) is 95.3 Å². The predicted molar refractivity (Wildman–Crippen MR) is 121 cm³/mol. The van der Waals surface area contributed by atoms with Crippen LogP contribution in [0.1, 0.15) is 47.3 Å². The van der Waals surface area contributed by atoms with Gasteiger partial charge in [-0.3, -0.25) is 9.59 Å². The number of unbranched alkanes of at least 4 members (excludes halogenated alkanes) is 1. The zero-order valence-corrected chi connectivity index (χ0v) is 17.9. The highest BCUT2D eigenvalue weighted by molar-refractivity contribution is 6.01. The molecular formula is C26H25FN2O3. The Morgan fingerprint density at radius 2 is 1.84 bits per heavy atom. The number of carbonyl (C=O) groups excluding carboxylic acids is 2. The monoisotopic (exact) mass is 432 g/mol. The van der Waals surface area contributed by atoms with E-state index in [1.165, 1.54) is 23.1 Å². The number of rotatable bonds is 6. The number of ether oxygens (including phenoxy) is 1. The molecule has 0 aliphatic carbocycles. The highest BCUT2D eigenvalue weighted by Gasteiger charge is 2.34. The third-order valence-corrected chi connectivity index (χ3v) is 5.45. The summed E-state index contributed by atoms with van der Waals surface area (Å²) in [5.41, 5.74) is 2.26. The van der Waals surface area contributed by atoms with E-state index in [1.54, 1.807) is 24.3 Å². The Hall–Kier alpha value is -3.67. The molecule has 1 atom stereocenters. The fourth-order valence-corrected chi connectivity index (χ4v) is 3.86. The number of anilines is 1. The molecule has 1 aliphatic rings. The molecular weight excluding hydrogens is 407 g/mol. The third kappa shape index (κ3) is 4.64. The van der Waals surface area contributed by atoms with Crippen LogP contribution < -0.4 is 10.1 Å². The van der Waals surface area contributed by atoms with Gasteiger partial charge in [-0.2, -0.15) is 0 Å². The predicted octanol–water partition coefficient (Wildman–Crippen LogP) is 5.19. The van der Waals surface area contributed by atoms with Crippen molar-refractivity contribution in [1.29, 1.82) is 0 Å². The van der Waals surface area contributed by atoms with Gasteiger partial charge >= 0.3 is 0 Å². The van der Waals surface area contributed by atoms with E-state index in [9.17, 15) is 14.0 Å². The van der Waals surface area contributed by atoms with E-state index in [0.717, 1.165) is 18.4 Å². The lowest BCUT2D eigenvalue weighted by Crippen LogP contribution is -2.39. The number of nitrogens with zero attached hydrogens (tertiary/aromatic N) is 1. The summed E-state index contributed by atoms with van der Waals surface area (Å²) in [5.74, 6) is -0.382. The van der Waals surface area contributed by atoms with Crippen molar-refractivity contribution in [2.75, 3.05) is 18.5 Å².